The molecule has 0 spiro atoms. The molecule has 100 valence electrons. The van der Waals surface area contributed by atoms with E-state index in [1.165, 1.54) is 0 Å². The standard InChI is InChI=1S/C15H14BrClO2/c1-9-4-3-5-12(14(9)17)15(18)11-7-6-10(19-2)8-13(11)16/h3-8,15,18H,1-2H3. The van der Waals surface area contributed by atoms with Crippen molar-refractivity contribution >= 4 is 27.5 Å². The molecule has 1 unspecified atom stereocenters. The van der Waals surface area contributed by atoms with Gasteiger partial charge in [-0.15, -0.1) is 0 Å². The van der Waals surface area contributed by atoms with Gasteiger partial charge in [0.2, 0.25) is 0 Å². The molecule has 0 radical (unpaired) electrons. The molecule has 4 heteroatoms. The quantitative estimate of drug-likeness (QED) is 0.890. The topological polar surface area (TPSA) is 29.5 Å². The van der Waals surface area contributed by atoms with Crippen LogP contribution in [0.2, 0.25) is 5.02 Å². The molecular weight excluding hydrogens is 328 g/mol. The summed E-state index contributed by atoms with van der Waals surface area (Å²) >= 11 is 9.69. The van der Waals surface area contributed by atoms with E-state index < -0.39 is 6.10 Å². The third kappa shape index (κ3) is 2.94. The molecule has 0 heterocycles. The van der Waals surface area contributed by atoms with Crippen LogP contribution in [0.15, 0.2) is 40.9 Å². The van der Waals surface area contributed by atoms with Gasteiger partial charge in [-0.3, -0.25) is 0 Å². The van der Waals surface area contributed by atoms with Gasteiger partial charge in [-0.25, -0.2) is 0 Å². The van der Waals surface area contributed by atoms with Gasteiger partial charge in [0.25, 0.3) is 0 Å². The van der Waals surface area contributed by atoms with Crippen LogP contribution in [-0.4, -0.2) is 12.2 Å². The Morgan fingerprint density at radius 1 is 1.21 bits per heavy atom. The number of aliphatic hydroxyl groups excluding tert-OH is 1. The van der Waals surface area contributed by atoms with Crippen molar-refractivity contribution in [2.75, 3.05) is 7.11 Å². The van der Waals surface area contributed by atoms with Gasteiger partial charge in [0.15, 0.2) is 0 Å². The first-order chi connectivity index (χ1) is 9.04. The molecule has 1 atom stereocenters. The van der Waals surface area contributed by atoms with Gasteiger partial charge in [0.1, 0.15) is 11.9 Å². The van der Waals surface area contributed by atoms with Crippen molar-refractivity contribution in [2.24, 2.45) is 0 Å². The summed E-state index contributed by atoms with van der Waals surface area (Å²) in [6.45, 7) is 1.92. The summed E-state index contributed by atoms with van der Waals surface area (Å²) in [5.41, 5.74) is 2.41. The Morgan fingerprint density at radius 3 is 2.58 bits per heavy atom. The molecule has 2 aromatic rings. The maximum atomic E-state index is 10.5. The highest BCUT2D eigenvalue weighted by Gasteiger charge is 2.17. The van der Waals surface area contributed by atoms with E-state index in [9.17, 15) is 5.11 Å². The molecule has 0 bridgehead atoms. The van der Waals surface area contributed by atoms with E-state index in [1.807, 2.05) is 43.3 Å². The number of aryl methyl sites for hydroxylation is 1. The average Bonchev–Trinajstić information content (AvgIpc) is 2.41. The molecule has 0 amide bonds. The van der Waals surface area contributed by atoms with Crippen molar-refractivity contribution in [1.82, 2.24) is 0 Å². The minimum Gasteiger partial charge on any atom is -0.497 e. The van der Waals surface area contributed by atoms with Gasteiger partial charge in [-0.1, -0.05) is 51.8 Å². The molecule has 0 saturated carbocycles. The monoisotopic (exact) mass is 340 g/mol. The molecule has 0 fully saturated rings. The van der Waals surface area contributed by atoms with E-state index in [0.29, 0.717) is 10.6 Å². The maximum absolute atomic E-state index is 10.5. The Morgan fingerprint density at radius 2 is 1.95 bits per heavy atom. The zero-order valence-corrected chi connectivity index (χ0v) is 13.0. The summed E-state index contributed by atoms with van der Waals surface area (Å²) in [6, 6.07) is 11.1. The lowest BCUT2D eigenvalue weighted by atomic mass is 10.00. The largest absolute Gasteiger partial charge is 0.497 e. The van der Waals surface area contributed by atoms with E-state index in [0.717, 1.165) is 21.3 Å². The smallest absolute Gasteiger partial charge is 0.120 e. The van der Waals surface area contributed by atoms with Crippen LogP contribution in [0.1, 0.15) is 22.8 Å². The molecule has 0 saturated heterocycles. The van der Waals surface area contributed by atoms with Crippen LogP contribution >= 0.6 is 27.5 Å². The van der Waals surface area contributed by atoms with E-state index >= 15 is 0 Å². The maximum Gasteiger partial charge on any atom is 0.120 e. The van der Waals surface area contributed by atoms with Crippen LogP contribution in [0, 0.1) is 6.92 Å². The van der Waals surface area contributed by atoms with Crippen molar-refractivity contribution in [3.05, 3.63) is 62.6 Å². The van der Waals surface area contributed by atoms with Gasteiger partial charge in [0, 0.05) is 15.1 Å². The van der Waals surface area contributed by atoms with E-state index in [-0.39, 0.29) is 0 Å². The van der Waals surface area contributed by atoms with Crippen molar-refractivity contribution in [3.63, 3.8) is 0 Å². The molecular formula is C15H14BrClO2. The number of halogens is 2. The van der Waals surface area contributed by atoms with Gasteiger partial charge < -0.3 is 9.84 Å². The number of rotatable bonds is 3. The second-order valence-corrected chi connectivity index (χ2v) is 5.50. The highest BCUT2D eigenvalue weighted by molar-refractivity contribution is 9.10. The SMILES string of the molecule is COc1ccc(C(O)c2cccc(C)c2Cl)c(Br)c1. The highest BCUT2D eigenvalue weighted by Crippen LogP contribution is 2.35. The van der Waals surface area contributed by atoms with Crippen molar-refractivity contribution in [1.29, 1.82) is 0 Å². The third-order valence-corrected chi connectivity index (χ3v) is 4.22. The summed E-state index contributed by atoms with van der Waals surface area (Å²) in [7, 11) is 1.61. The minimum atomic E-state index is -0.771. The summed E-state index contributed by atoms with van der Waals surface area (Å²) < 4.78 is 5.93. The van der Waals surface area contributed by atoms with Crippen LogP contribution in [0.5, 0.6) is 5.75 Å². The first-order valence-electron chi connectivity index (χ1n) is 5.81. The van der Waals surface area contributed by atoms with Gasteiger partial charge >= 0.3 is 0 Å². The molecule has 0 aromatic heterocycles. The van der Waals surface area contributed by atoms with E-state index in [4.69, 9.17) is 16.3 Å². The number of ether oxygens (including phenoxy) is 1. The fraction of sp³-hybridized carbons (Fsp3) is 0.200. The zero-order valence-electron chi connectivity index (χ0n) is 10.7. The lowest BCUT2D eigenvalue weighted by Gasteiger charge is -2.16. The van der Waals surface area contributed by atoms with Gasteiger partial charge in [-0.2, -0.15) is 0 Å². The predicted molar refractivity (Wildman–Crippen MR) is 80.9 cm³/mol. The van der Waals surface area contributed by atoms with Crippen molar-refractivity contribution in [3.8, 4) is 5.75 Å². The Hall–Kier alpha value is -1.03. The molecule has 1 N–H and O–H groups in total. The molecule has 2 nitrogen and oxygen atoms in total. The number of aliphatic hydroxyl groups is 1. The van der Waals surface area contributed by atoms with Crippen molar-refractivity contribution < 1.29 is 9.84 Å². The normalized spacial score (nSPS) is 12.3. The first-order valence-corrected chi connectivity index (χ1v) is 6.98. The summed E-state index contributed by atoms with van der Waals surface area (Å²) in [6.07, 6.45) is -0.771. The van der Waals surface area contributed by atoms with Crippen LogP contribution in [0.3, 0.4) is 0 Å². The highest BCUT2D eigenvalue weighted by atomic mass is 79.9. The lowest BCUT2D eigenvalue weighted by Crippen LogP contribution is -2.02. The Bertz CT molecular complexity index is 599. The lowest BCUT2D eigenvalue weighted by molar-refractivity contribution is 0.219. The number of hydrogen-bond donors (Lipinski definition) is 1. The number of benzene rings is 2. The van der Waals surface area contributed by atoms with Crippen LogP contribution in [-0.2, 0) is 0 Å². The molecule has 0 aliphatic rings. The van der Waals surface area contributed by atoms with Crippen LogP contribution < -0.4 is 4.74 Å². The molecule has 19 heavy (non-hydrogen) atoms. The fourth-order valence-corrected chi connectivity index (χ4v) is 2.71. The molecule has 0 aliphatic carbocycles. The Labute approximate surface area is 126 Å². The first kappa shape index (κ1) is 14.4. The van der Waals surface area contributed by atoms with Crippen LogP contribution in [0.25, 0.3) is 0 Å². The second-order valence-electron chi connectivity index (χ2n) is 4.27. The average molecular weight is 342 g/mol. The second kappa shape index (κ2) is 5.95. The van der Waals surface area contributed by atoms with Crippen molar-refractivity contribution in [2.45, 2.75) is 13.0 Å². The zero-order chi connectivity index (χ0) is 14.0. The van der Waals surface area contributed by atoms with E-state index in [1.54, 1.807) is 7.11 Å². The van der Waals surface area contributed by atoms with Crippen LogP contribution in [0.4, 0.5) is 0 Å². The van der Waals surface area contributed by atoms with Gasteiger partial charge in [-0.05, 0) is 30.2 Å². The number of hydrogen-bond acceptors (Lipinski definition) is 2. The predicted octanol–water partition coefficient (Wildman–Crippen LogP) is 4.50. The fourth-order valence-electron chi connectivity index (χ4n) is 1.91. The Kier molecular flexibility index (Phi) is 4.50. The summed E-state index contributed by atoms with van der Waals surface area (Å²) in [5.74, 6) is 0.734. The summed E-state index contributed by atoms with van der Waals surface area (Å²) in [5, 5.41) is 11.1. The summed E-state index contributed by atoms with van der Waals surface area (Å²) in [4.78, 5) is 0. The van der Waals surface area contributed by atoms with Gasteiger partial charge in [0.05, 0.1) is 7.11 Å². The third-order valence-electron chi connectivity index (χ3n) is 3.02. The molecule has 0 aliphatic heterocycles. The Balaban J connectivity index is 2.44. The molecule has 2 aromatic carbocycles. The minimum absolute atomic E-state index is 0.595. The number of methoxy groups -OCH3 is 1. The molecule has 2 rings (SSSR count). The van der Waals surface area contributed by atoms with E-state index in [2.05, 4.69) is 15.9 Å².